The number of rotatable bonds is 4. The van der Waals surface area contributed by atoms with Crippen LogP contribution < -0.4 is 5.32 Å². The maximum absolute atomic E-state index is 6.20. The Morgan fingerprint density at radius 3 is 2.47 bits per heavy atom. The molecule has 0 amide bonds. The summed E-state index contributed by atoms with van der Waals surface area (Å²) >= 11 is 12.4. The molecule has 1 aromatic carbocycles. The van der Waals surface area contributed by atoms with Gasteiger partial charge in [-0.25, -0.2) is 9.97 Å². The first-order valence-electron chi connectivity index (χ1n) is 6.01. The highest BCUT2D eigenvalue weighted by Gasteiger charge is 2.15. The minimum absolute atomic E-state index is 0.0547. The second-order valence-corrected chi connectivity index (χ2v) is 5.09. The van der Waals surface area contributed by atoms with Crippen molar-refractivity contribution in [3.05, 3.63) is 57.6 Å². The molecule has 1 aromatic heterocycles. The summed E-state index contributed by atoms with van der Waals surface area (Å²) < 4.78 is 0. The van der Waals surface area contributed by atoms with Crippen LogP contribution in [0.5, 0.6) is 0 Å². The van der Waals surface area contributed by atoms with E-state index in [1.807, 2.05) is 38.2 Å². The van der Waals surface area contributed by atoms with Crippen molar-refractivity contribution < 1.29 is 0 Å². The Labute approximate surface area is 123 Å². The van der Waals surface area contributed by atoms with Gasteiger partial charge >= 0.3 is 0 Å². The predicted octanol–water partition coefficient (Wildman–Crippen LogP) is 3.60. The second kappa shape index (κ2) is 6.33. The van der Waals surface area contributed by atoms with Crippen molar-refractivity contribution >= 4 is 23.2 Å². The van der Waals surface area contributed by atoms with Crippen molar-refractivity contribution in [3.8, 4) is 0 Å². The number of aromatic nitrogens is 2. The minimum atomic E-state index is 0.0547. The van der Waals surface area contributed by atoms with Gasteiger partial charge in [0, 0.05) is 16.2 Å². The summed E-state index contributed by atoms with van der Waals surface area (Å²) in [6.45, 7) is 1.87. The predicted molar refractivity (Wildman–Crippen MR) is 78.7 cm³/mol. The second-order valence-electron chi connectivity index (χ2n) is 4.27. The first kappa shape index (κ1) is 14.3. The molecule has 0 aliphatic heterocycles. The van der Waals surface area contributed by atoms with Gasteiger partial charge in [-0.3, -0.25) is 0 Å². The number of nitrogens with zero attached hydrogens (tertiary/aromatic N) is 2. The lowest BCUT2D eigenvalue weighted by atomic mass is 10.0. The summed E-state index contributed by atoms with van der Waals surface area (Å²) in [6.07, 6.45) is 2.45. The maximum atomic E-state index is 6.20. The molecule has 2 aromatic rings. The lowest BCUT2D eigenvalue weighted by molar-refractivity contribution is 0.572. The van der Waals surface area contributed by atoms with Crippen LogP contribution in [0.25, 0.3) is 0 Å². The van der Waals surface area contributed by atoms with Gasteiger partial charge in [0.1, 0.15) is 5.82 Å². The Kier molecular flexibility index (Phi) is 4.75. The molecular formula is C14H15Cl2N3. The van der Waals surface area contributed by atoms with E-state index in [4.69, 9.17) is 23.2 Å². The zero-order valence-electron chi connectivity index (χ0n) is 10.8. The Balaban J connectivity index is 2.29. The van der Waals surface area contributed by atoms with E-state index in [1.54, 1.807) is 6.20 Å². The molecule has 0 fully saturated rings. The quantitative estimate of drug-likeness (QED) is 0.937. The summed E-state index contributed by atoms with van der Waals surface area (Å²) in [6, 6.07) is 7.50. The fourth-order valence-corrected chi connectivity index (χ4v) is 2.51. The largest absolute Gasteiger partial charge is 0.311 e. The van der Waals surface area contributed by atoms with Crippen LogP contribution in [0.2, 0.25) is 10.0 Å². The molecule has 1 atom stereocenters. The molecule has 0 aliphatic carbocycles. The van der Waals surface area contributed by atoms with E-state index >= 15 is 0 Å². The molecule has 0 saturated heterocycles. The number of benzene rings is 1. The van der Waals surface area contributed by atoms with Gasteiger partial charge in [0.05, 0.1) is 11.7 Å². The SMILES string of the molecule is CNC(Cc1c(Cl)cccc1Cl)c1ccnc(C)n1. The summed E-state index contributed by atoms with van der Waals surface area (Å²) in [5.41, 5.74) is 1.87. The molecule has 0 spiro atoms. The molecule has 19 heavy (non-hydrogen) atoms. The molecule has 0 saturated carbocycles. The van der Waals surface area contributed by atoms with Crippen LogP contribution in [0.3, 0.4) is 0 Å². The maximum Gasteiger partial charge on any atom is 0.125 e. The highest BCUT2D eigenvalue weighted by Crippen LogP contribution is 2.28. The molecule has 0 aliphatic rings. The van der Waals surface area contributed by atoms with Gasteiger partial charge in [0.15, 0.2) is 0 Å². The van der Waals surface area contributed by atoms with Crippen LogP contribution in [-0.2, 0) is 6.42 Å². The number of likely N-dealkylation sites (N-methyl/N-ethyl adjacent to an activating group) is 1. The standard InChI is InChI=1S/C14H15Cl2N3/c1-9-18-7-6-13(19-9)14(17-2)8-10-11(15)4-3-5-12(10)16/h3-7,14,17H,8H2,1-2H3. The Hall–Kier alpha value is -1.16. The third-order valence-electron chi connectivity index (χ3n) is 2.97. The van der Waals surface area contributed by atoms with E-state index < -0.39 is 0 Å². The number of hydrogen-bond acceptors (Lipinski definition) is 3. The molecule has 5 heteroatoms. The minimum Gasteiger partial charge on any atom is -0.311 e. The van der Waals surface area contributed by atoms with E-state index in [1.165, 1.54) is 0 Å². The Bertz CT molecular complexity index is 552. The molecule has 2 rings (SSSR count). The number of aryl methyl sites for hydroxylation is 1. The molecule has 1 heterocycles. The van der Waals surface area contributed by atoms with Crippen LogP contribution in [-0.4, -0.2) is 17.0 Å². The zero-order chi connectivity index (χ0) is 13.8. The highest BCUT2D eigenvalue weighted by atomic mass is 35.5. The first-order chi connectivity index (χ1) is 9.11. The van der Waals surface area contributed by atoms with Crippen molar-refractivity contribution in [2.24, 2.45) is 0 Å². The fourth-order valence-electron chi connectivity index (χ4n) is 1.95. The molecule has 1 unspecified atom stereocenters. The molecule has 0 bridgehead atoms. The van der Waals surface area contributed by atoms with Gasteiger partial charge in [-0.05, 0) is 44.2 Å². The smallest absolute Gasteiger partial charge is 0.125 e. The fraction of sp³-hybridized carbons (Fsp3) is 0.286. The van der Waals surface area contributed by atoms with Crippen molar-refractivity contribution in [2.45, 2.75) is 19.4 Å². The van der Waals surface area contributed by atoms with Gasteiger partial charge in [0.25, 0.3) is 0 Å². The third-order valence-corrected chi connectivity index (χ3v) is 3.68. The summed E-state index contributed by atoms with van der Waals surface area (Å²) in [5, 5.41) is 4.60. The highest BCUT2D eigenvalue weighted by molar-refractivity contribution is 6.36. The summed E-state index contributed by atoms with van der Waals surface area (Å²) in [7, 11) is 1.90. The van der Waals surface area contributed by atoms with Gasteiger partial charge in [-0.1, -0.05) is 29.3 Å². The first-order valence-corrected chi connectivity index (χ1v) is 6.77. The molecule has 3 nitrogen and oxygen atoms in total. The van der Waals surface area contributed by atoms with E-state index in [-0.39, 0.29) is 6.04 Å². The van der Waals surface area contributed by atoms with Crippen molar-refractivity contribution in [1.82, 2.24) is 15.3 Å². The summed E-state index contributed by atoms with van der Waals surface area (Å²) in [5.74, 6) is 0.753. The number of halogens is 2. The lowest BCUT2D eigenvalue weighted by Crippen LogP contribution is -2.20. The lowest BCUT2D eigenvalue weighted by Gasteiger charge is -2.17. The van der Waals surface area contributed by atoms with Crippen molar-refractivity contribution in [3.63, 3.8) is 0 Å². The average molecular weight is 296 g/mol. The summed E-state index contributed by atoms with van der Waals surface area (Å²) in [4.78, 5) is 8.55. The van der Waals surface area contributed by atoms with Crippen LogP contribution >= 0.6 is 23.2 Å². The van der Waals surface area contributed by atoms with E-state index in [2.05, 4.69) is 15.3 Å². The monoisotopic (exact) mass is 295 g/mol. The Morgan fingerprint density at radius 2 is 1.89 bits per heavy atom. The molecule has 100 valence electrons. The van der Waals surface area contributed by atoms with Crippen molar-refractivity contribution in [1.29, 1.82) is 0 Å². The number of nitrogens with one attached hydrogen (secondary N) is 1. The van der Waals surface area contributed by atoms with Gasteiger partial charge in [-0.2, -0.15) is 0 Å². The molecule has 1 N–H and O–H groups in total. The normalized spacial score (nSPS) is 12.4. The van der Waals surface area contributed by atoms with E-state index in [9.17, 15) is 0 Å². The van der Waals surface area contributed by atoms with Gasteiger partial charge < -0.3 is 5.32 Å². The van der Waals surface area contributed by atoms with Crippen LogP contribution in [0.15, 0.2) is 30.5 Å². The topological polar surface area (TPSA) is 37.8 Å². The van der Waals surface area contributed by atoms with Crippen LogP contribution in [0.1, 0.15) is 23.1 Å². The van der Waals surface area contributed by atoms with Gasteiger partial charge in [-0.15, -0.1) is 0 Å². The van der Waals surface area contributed by atoms with Crippen LogP contribution in [0.4, 0.5) is 0 Å². The molecule has 0 radical (unpaired) electrons. The van der Waals surface area contributed by atoms with Crippen molar-refractivity contribution in [2.75, 3.05) is 7.05 Å². The zero-order valence-corrected chi connectivity index (χ0v) is 12.3. The van der Waals surface area contributed by atoms with Crippen LogP contribution in [0, 0.1) is 6.92 Å². The third kappa shape index (κ3) is 3.44. The number of hydrogen-bond donors (Lipinski definition) is 1. The van der Waals surface area contributed by atoms with E-state index in [0.29, 0.717) is 16.5 Å². The Morgan fingerprint density at radius 1 is 1.21 bits per heavy atom. The van der Waals surface area contributed by atoms with Gasteiger partial charge in [0.2, 0.25) is 0 Å². The molecular weight excluding hydrogens is 281 g/mol. The average Bonchev–Trinajstić information content (AvgIpc) is 2.38. The van der Waals surface area contributed by atoms with E-state index in [0.717, 1.165) is 17.1 Å².